The Morgan fingerprint density at radius 3 is 2.52 bits per heavy atom. The SMILES string of the molecule is Cc1nnc(CN=C(NCCN(C(C)C)C(C)C)NCc2cccs2)n1C. The topological polar surface area (TPSA) is 70.4 Å². The molecule has 150 valence electrons. The van der Waals surface area contributed by atoms with Crippen molar-refractivity contribution in [2.75, 3.05) is 13.1 Å². The monoisotopic (exact) mass is 391 g/mol. The maximum Gasteiger partial charge on any atom is 0.192 e. The van der Waals surface area contributed by atoms with Gasteiger partial charge in [-0.05, 0) is 46.1 Å². The fraction of sp³-hybridized carbons (Fsp3) is 0.632. The number of guanidine groups is 1. The van der Waals surface area contributed by atoms with Gasteiger partial charge in [0.1, 0.15) is 12.4 Å². The molecule has 0 aliphatic rings. The first-order valence-electron chi connectivity index (χ1n) is 9.53. The quantitative estimate of drug-likeness (QED) is 0.508. The molecule has 0 saturated carbocycles. The van der Waals surface area contributed by atoms with Crippen molar-refractivity contribution in [3.63, 3.8) is 0 Å². The molecular weight excluding hydrogens is 358 g/mol. The van der Waals surface area contributed by atoms with Gasteiger partial charge >= 0.3 is 0 Å². The molecule has 0 amide bonds. The van der Waals surface area contributed by atoms with Gasteiger partial charge in [-0.3, -0.25) is 4.90 Å². The van der Waals surface area contributed by atoms with Crippen LogP contribution in [0.2, 0.25) is 0 Å². The molecule has 0 aliphatic carbocycles. The molecule has 0 fully saturated rings. The summed E-state index contributed by atoms with van der Waals surface area (Å²) in [5, 5.41) is 17.3. The van der Waals surface area contributed by atoms with Crippen LogP contribution in [0.3, 0.4) is 0 Å². The zero-order chi connectivity index (χ0) is 19.8. The third kappa shape index (κ3) is 6.62. The third-order valence-corrected chi connectivity index (χ3v) is 5.44. The summed E-state index contributed by atoms with van der Waals surface area (Å²) in [6, 6.07) is 5.23. The van der Waals surface area contributed by atoms with Crippen molar-refractivity contribution >= 4 is 17.3 Å². The summed E-state index contributed by atoms with van der Waals surface area (Å²) < 4.78 is 1.97. The Morgan fingerprint density at radius 1 is 1.22 bits per heavy atom. The molecule has 2 aromatic heterocycles. The number of rotatable bonds is 9. The second kappa shape index (κ2) is 10.4. The van der Waals surface area contributed by atoms with Crippen LogP contribution in [0.4, 0.5) is 0 Å². The molecule has 2 aromatic rings. The van der Waals surface area contributed by atoms with Crippen molar-refractivity contribution in [2.45, 2.75) is 59.8 Å². The van der Waals surface area contributed by atoms with E-state index in [2.05, 4.69) is 70.9 Å². The predicted molar refractivity (Wildman–Crippen MR) is 113 cm³/mol. The largest absolute Gasteiger partial charge is 0.355 e. The molecule has 0 radical (unpaired) electrons. The molecule has 2 rings (SSSR count). The summed E-state index contributed by atoms with van der Waals surface area (Å²) in [6.07, 6.45) is 0. The number of aromatic nitrogens is 3. The van der Waals surface area contributed by atoms with Gasteiger partial charge in [-0.25, -0.2) is 4.99 Å². The van der Waals surface area contributed by atoms with E-state index in [4.69, 9.17) is 4.99 Å². The van der Waals surface area contributed by atoms with E-state index in [1.54, 1.807) is 11.3 Å². The third-order valence-electron chi connectivity index (χ3n) is 4.56. The van der Waals surface area contributed by atoms with E-state index in [0.717, 1.165) is 37.2 Å². The zero-order valence-electron chi connectivity index (χ0n) is 17.4. The molecule has 0 bridgehead atoms. The maximum atomic E-state index is 4.71. The Morgan fingerprint density at radius 2 is 1.96 bits per heavy atom. The van der Waals surface area contributed by atoms with E-state index in [9.17, 15) is 0 Å². The molecule has 0 aromatic carbocycles. The first-order valence-corrected chi connectivity index (χ1v) is 10.4. The van der Waals surface area contributed by atoms with E-state index in [1.165, 1.54) is 4.88 Å². The summed E-state index contributed by atoms with van der Waals surface area (Å²) in [4.78, 5) is 8.46. The molecule has 2 heterocycles. The molecule has 7 nitrogen and oxygen atoms in total. The minimum absolute atomic E-state index is 0.495. The van der Waals surface area contributed by atoms with Gasteiger partial charge in [0.05, 0.1) is 6.54 Å². The molecule has 27 heavy (non-hydrogen) atoms. The summed E-state index contributed by atoms with van der Waals surface area (Å²) >= 11 is 1.74. The highest BCUT2D eigenvalue weighted by Gasteiger charge is 2.13. The predicted octanol–water partition coefficient (Wildman–Crippen LogP) is 2.54. The molecule has 0 atom stereocenters. The Balaban J connectivity index is 1.97. The van der Waals surface area contributed by atoms with E-state index in [1.807, 2.05) is 18.5 Å². The Labute approximate surface area is 166 Å². The highest BCUT2D eigenvalue weighted by atomic mass is 32.1. The van der Waals surface area contributed by atoms with Crippen LogP contribution >= 0.6 is 11.3 Å². The van der Waals surface area contributed by atoms with Crippen molar-refractivity contribution in [1.82, 2.24) is 30.3 Å². The standard InChI is InChI=1S/C19H33N7S/c1-14(2)26(15(3)4)10-9-20-19(21-12-17-8-7-11-27-17)22-13-18-24-23-16(5)25(18)6/h7-8,11,14-15H,9-10,12-13H2,1-6H3,(H2,20,21,22). The fourth-order valence-electron chi connectivity index (χ4n) is 2.91. The highest BCUT2D eigenvalue weighted by Crippen LogP contribution is 2.07. The summed E-state index contributed by atoms with van der Waals surface area (Å²) in [5.41, 5.74) is 0. The second-order valence-electron chi connectivity index (χ2n) is 7.17. The minimum atomic E-state index is 0.495. The lowest BCUT2D eigenvalue weighted by Gasteiger charge is -2.30. The summed E-state index contributed by atoms with van der Waals surface area (Å²) in [7, 11) is 1.97. The highest BCUT2D eigenvalue weighted by molar-refractivity contribution is 7.09. The number of hydrogen-bond acceptors (Lipinski definition) is 5. The van der Waals surface area contributed by atoms with Gasteiger partial charge in [-0.15, -0.1) is 21.5 Å². The van der Waals surface area contributed by atoms with Gasteiger partial charge in [0.15, 0.2) is 11.8 Å². The number of nitrogens with zero attached hydrogens (tertiary/aromatic N) is 5. The molecule has 0 saturated heterocycles. The van der Waals surface area contributed by atoms with Crippen LogP contribution in [0.25, 0.3) is 0 Å². The lowest BCUT2D eigenvalue weighted by atomic mass is 10.2. The number of aliphatic imine (C=N–C) groups is 1. The van der Waals surface area contributed by atoms with Gasteiger partial charge in [0, 0.05) is 37.1 Å². The molecule has 0 aliphatic heterocycles. The molecule has 0 unspecified atom stereocenters. The molecule has 2 N–H and O–H groups in total. The van der Waals surface area contributed by atoms with E-state index in [-0.39, 0.29) is 0 Å². The van der Waals surface area contributed by atoms with Gasteiger partial charge < -0.3 is 15.2 Å². The van der Waals surface area contributed by atoms with Crippen LogP contribution < -0.4 is 10.6 Å². The van der Waals surface area contributed by atoms with E-state index in [0.29, 0.717) is 18.6 Å². The van der Waals surface area contributed by atoms with Crippen molar-refractivity contribution in [2.24, 2.45) is 12.0 Å². The lowest BCUT2D eigenvalue weighted by Crippen LogP contribution is -2.45. The molecular formula is C19H33N7S. The van der Waals surface area contributed by atoms with Crippen LogP contribution in [-0.4, -0.2) is 50.8 Å². The first kappa shape index (κ1) is 21.4. The first-order chi connectivity index (χ1) is 12.9. The fourth-order valence-corrected chi connectivity index (χ4v) is 3.56. The van der Waals surface area contributed by atoms with Crippen molar-refractivity contribution in [3.05, 3.63) is 34.0 Å². The van der Waals surface area contributed by atoms with Gasteiger partial charge in [0.2, 0.25) is 0 Å². The van der Waals surface area contributed by atoms with E-state index >= 15 is 0 Å². The second-order valence-corrected chi connectivity index (χ2v) is 8.20. The van der Waals surface area contributed by atoms with Gasteiger partial charge in [-0.1, -0.05) is 6.07 Å². The lowest BCUT2D eigenvalue weighted by molar-refractivity contribution is 0.178. The van der Waals surface area contributed by atoms with Crippen LogP contribution in [0.5, 0.6) is 0 Å². The molecule has 0 spiro atoms. The van der Waals surface area contributed by atoms with Gasteiger partial charge in [0.25, 0.3) is 0 Å². The maximum absolute atomic E-state index is 4.71. The number of thiophene rings is 1. The van der Waals surface area contributed by atoms with Crippen molar-refractivity contribution < 1.29 is 0 Å². The van der Waals surface area contributed by atoms with E-state index < -0.39 is 0 Å². The van der Waals surface area contributed by atoms with Crippen molar-refractivity contribution in [1.29, 1.82) is 0 Å². The Bertz CT molecular complexity index is 696. The Hall–Kier alpha value is -1.93. The van der Waals surface area contributed by atoms with Crippen LogP contribution in [0.1, 0.15) is 44.2 Å². The number of nitrogens with one attached hydrogen (secondary N) is 2. The average molecular weight is 392 g/mol. The minimum Gasteiger partial charge on any atom is -0.355 e. The number of hydrogen-bond donors (Lipinski definition) is 2. The van der Waals surface area contributed by atoms with Crippen molar-refractivity contribution in [3.8, 4) is 0 Å². The van der Waals surface area contributed by atoms with Crippen LogP contribution in [-0.2, 0) is 20.1 Å². The smallest absolute Gasteiger partial charge is 0.192 e. The number of aryl methyl sites for hydroxylation is 1. The van der Waals surface area contributed by atoms with Crippen LogP contribution in [0.15, 0.2) is 22.5 Å². The van der Waals surface area contributed by atoms with Crippen LogP contribution in [0, 0.1) is 6.92 Å². The zero-order valence-corrected chi connectivity index (χ0v) is 18.2. The van der Waals surface area contributed by atoms with Gasteiger partial charge in [-0.2, -0.15) is 0 Å². The average Bonchev–Trinajstić information content (AvgIpc) is 3.24. The Kier molecular flexibility index (Phi) is 8.24. The summed E-state index contributed by atoms with van der Waals surface area (Å²) in [6.45, 7) is 14.0. The summed E-state index contributed by atoms with van der Waals surface area (Å²) in [5.74, 6) is 2.55. The molecule has 8 heteroatoms. The normalized spacial score (nSPS) is 12.4.